The van der Waals surface area contributed by atoms with Gasteiger partial charge in [-0.3, -0.25) is 9.59 Å². The number of nitrogens with one attached hydrogen (secondary N) is 1. The van der Waals surface area contributed by atoms with E-state index in [1.165, 1.54) is 0 Å². The second kappa shape index (κ2) is 7.44. The number of hydrogen-bond donors (Lipinski definition) is 1. The van der Waals surface area contributed by atoms with E-state index in [1.54, 1.807) is 0 Å². The minimum Gasteiger partial charge on any atom is -0.381 e. The summed E-state index contributed by atoms with van der Waals surface area (Å²) in [6.07, 6.45) is 3.99. The molecule has 2 aliphatic heterocycles. The van der Waals surface area contributed by atoms with Gasteiger partial charge in [0.25, 0.3) is 0 Å². The molecule has 0 spiro atoms. The van der Waals surface area contributed by atoms with Crippen LogP contribution >= 0.6 is 0 Å². The summed E-state index contributed by atoms with van der Waals surface area (Å²) in [5, 5.41) is 3.06. The van der Waals surface area contributed by atoms with Crippen LogP contribution in [0.1, 0.15) is 46.5 Å². The largest absolute Gasteiger partial charge is 0.381 e. The molecule has 22 heavy (non-hydrogen) atoms. The Kier molecular flexibility index (Phi) is 5.84. The first-order valence-corrected chi connectivity index (χ1v) is 8.53. The van der Waals surface area contributed by atoms with E-state index in [0.717, 1.165) is 45.4 Å². The van der Waals surface area contributed by atoms with E-state index in [0.29, 0.717) is 19.0 Å². The van der Waals surface area contributed by atoms with Crippen LogP contribution in [0.25, 0.3) is 0 Å². The molecule has 2 amide bonds. The fourth-order valence-electron chi connectivity index (χ4n) is 3.21. The van der Waals surface area contributed by atoms with Crippen LogP contribution in [0.2, 0.25) is 0 Å². The summed E-state index contributed by atoms with van der Waals surface area (Å²) < 4.78 is 5.44. The predicted molar refractivity (Wildman–Crippen MR) is 85.3 cm³/mol. The maximum absolute atomic E-state index is 12.4. The van der Waals surface area contributed by atoms with Crippen LogP contribution in [0.15, 0.2) is 0 Å². The van der Waals surface area contributed by atoms with E-state index in [4.69, 9.17) is 4.74 Å². The van der Waals surface area contributed by atoms with Crippen molar-refractivity contribution in [2.75, 3.05) is 32.8 Å². The van der Waals surface area contributed by atoms with E-state index >= 15 is 0 Å². The molecule has 5 heteroatoms. The Morgan fingerprint density at radius 2 is 2.00 bits per heavy atom. The molecular weight excluding hydrogens is 280 g/mol. The summed E-state index contributed by atoms with van der Waals surface area (Å²) in [5.41, 5.74) is -0.377. The molecule has 0 radical (unpaired) electrons. The number of ether oxygens (including phenoxy) is 1. The molecule has 2 saturated heterocycles. The van der Waals surface area contributed by atoms with Gasteiger partial charge in [0, 0.05) is 31.7 Å². The summed E-state index contributed by atoms with van der Waals surface area (Å²) in [5.74, 6) is 0.612. The lowest BCUT2D eigenvalue weighted by molar-refractivity contribution is -0.142. The van der Waals surface area contributed by atoms with Gasteiger partial charge in [-0.2, -0.15) is 0 Å². The molecule has 2 atom stereocenters. The van der Waals surface area contributed by atoms with Gasteiger partial charge in [-0.05, 0) is 31.6 Å². The van der Waals surface area contributed by atoms with Crippen molar-refractivity contribution >= 4 is 11.8 Å². The average molecular weight is 310 g/mol. The lowest BCUT2D eigenvalue weighted by atomic mass is 9.90. The van der Waals surface area contributed by atoms with Gasteiger partial charge < -0.3 is 15.0 Å². The predicted octanol–water partition coefficient (Wildman–Crippen LogP) is 1.81. The smallest absolute Gasteiger partial charge is 0.227 e. The molecular formula is C17H30N2O3. The maximum Gasteiger partial charge on any atom is 0.227 e. The maximum atomic E-state index is 12.4. The summed E-state index contributed by atoms with van der Waals surface area (Å²) in [6.45, 7) is 9.42. The highest BCUT2D eigenvalue weighted by Gasteiger charge is 2.33. The molecule has 2 rings (SSSR count). The Morgan fingerprint density at radius 1 is 1.23 bits per heavy atom. The van der Waals surface area contributed by atoms with E-state index in [2.05, 4.69) is 5.32 Å². The monoisotopic (exact) mass is 310 g/mol. The van der Waals surface area contributed by atoms with Gasteiger partial charge in [0.15, 0.2) is 0 Å². The molecule has 2 unspecified atom stereocenters. The van der Waals surface area contributed by atoms with Crippen LogP contribution in [0.3, 0.4) is 0 Å². The molecule has 0 aliphatic carbocycles. The second-order valence-corrected chi connectivity index (χ2v) is 7.67. The summed E-state index contributed by atoms with van der Waals surface area (Å²) in [4.78, 5) is 26.6. The number of likely N-dealkylation sites (tertiary alicyclic amines) is 1. The molecule has 0 aromatic rings. The number of amides is 2. The van der Waals surface area contributed by atoms with Gasteiger partial charge in [-0.15, -0.1) is 0 Å². The molecule has 0 bridgehead atoms. The number of rotatable bonds is 3. The SMILES string of the molecule is CC(C)(C)C(=O)N1CCCC(C(=O)NCC2CCCOC2)C1. The normalized spacial score (nSPS) is 26.6. The van der Waals surface area contributed by atoms with Crippen LogP contribution in [0.5, 0.6) is 0 Å². The van der Waals surface area contributed by atoms with Crippen LogP contribution in [-0.4, -0.2) is 49.6 Å². The van der Waals surface area contributed by atoms with Gasteiger partial charge in [0.1, 0.15) is 0 Å². The number of carbonyl (C=O) groups is 2. The van der Waals surface area contributed by atoms with Crippen LogP contribution in [0, 0.1) is 17.3 Å². The third-order valence-corrected chi connectivity index (χ3v) is 4.54. The van der Waals surface area contributed by atoms with E-state index in [1.807, 2.05) is 25.7 Å². The molecule has 1 N–H and O–H groups in total. The third-order valence-electron chi connectivity index (χ3n) is 4.54. The first-order chi connectivity index (χ1) is 10.4. The van der Waals surface area contributed by atoms with Crippen LogP contribution < -0.4 is 5.32 Å². The molecule has 2 aliphatic rings. The summed E-state index contributed by atoms with van der Waals surface area (Å²) in [6, 6.07) is 0. The number of nitrogens with zero attached hydrogens (tertiary/aromatic N) is 1. The van der Waals surface area contributed by atoms with Gasteiger partial charge in [0.2, 0.25) is 11.8 Å². The zero-order valence-electron chi connectivity index (χ0n) is 14.2. The quantitative estimate of drug-likeness (QED) is 0.865. The van der Waals surface area contributed by atoms with Crippen molar-refractivity contribution in [1.29, 1.82) is 0 Å². The molecule has 2 fully saturated rings. The minimum absolute atomic E-state index is 0.0652. The first kappa shape index (κ1) is 17.3. The third kappa shape index (κ3) is 4.70. The average Bonchev–Trinajstić information content (AvgIpc) is 2.52. The highest BCUT2D eigenvalue weighted by molar-refractivity contribution is 5.83. The Labute approximate surface area is 133 Å². The molecule has 5 nitrogen and oxygen atoms in total. The molecule has 0 aromatic heterocycles. The standard InChI is InChI=1S/C17H30N2O3/c1-17(2,3)16(21)19-8-4-7-14(11-19)15(20)18-10-13-6-5-9-22-12-13/h13-14H,4-12H2,1-3H3,(H,18,20). The highest BCUT2D eigenvalue weighted by atomic mass is 16.5. The summed E-state index contributed by atoms with van der Waals surface area (Å²) >= 11 is 0. The fraction of sp³-hybridized carbons (Fsp3) is 0.882. The van der Waals surface area contributed by atoms with Crippen molar-refractivity contribution < 1.29 is 14.3 Å². The van der Waals surface area contributed by atoms with Gasteiger partial charge >= 0.3 is 0 Å². The van der Waals surface area contributed by atoms with Crippen molar-refractivity contribution in [1.82, 2.24) is 10.2 Å². The Morgan fingerprint density at radius 3 is 2.64 bits per heavy atom. The Balaban J connectivity index is 1.80. The molecule has 126 valence electrons. The lowest BCUT2D eigenvalue weighted by Gasteiger charge is -2.36. The van der Waals surface area contributed by atoms with E-state index in [9.17, 15) is 9.59 Å². The van der Waals surface area contributed by atoms with E-state index in [-0.39, 0.29) is 23.1 Å². The molecule has 0 saturated carbocycles. The first-order valence-electron chi connectivity index (χ1n) is 8.53. The van der Waals surface area contributed by atoms with Crippen LogP contribution in [-0.2, 0) is 14.3 Å². The number of carbonyl (C=O) groups excluding carboxylic acids is 2. The topological polar surface area (TPSA) is 58.6 Å². The summed E-state index contributed by atoms with van der Waals surface area (Å²) in [7, 11) is 0. The zero-order chi connectivity index (χ0) is 16.2. The van der Waals surface area contributed by atoms with Gasteiger partial charge in [-0.25, -0.2) is 0 Å². The van der Waals surface area contributed by atoms with Crippen molar-refractivity contribution in [2.24, 2.45) is 17.3 Å². The lowest BCUT2D eigenvalue weighted by Crippen LogP contribution is -2.49. The van der Waals surface area contributed by atoms with Gasteiger partial charge in [0.05, 0.1) is 12.5 Å². The Hall–Kier alpha value is -1.10. The highest BCUT2D eigenvalue weighted by Crippen LogP contribution is 2.23. The fourth-order valence-corrected chi connectivity index (χ4v) is 3.21. The minimum atomic E-state index is -0.377. The van der Waals surface area contributed by atoms with Crippen molar-refractivity contribution in [3.8, 4) is 0 Å². The van der Waals surface area contributed by atoms with Crippen molar-refractivity contribution in [3.05, 3.63) is 0 Å². The van der Waals surface area contributed by atoms with Crippen molar-refractivity contribution in [3.63, 3.8) is 0 Å². The second-order valence-electron chi connectivity index (χ2n) is 7.67. The Bertz CT molecular complexity index is 397. The van der Waals surface area contributed by atoms with Crippen LogP contribution in [0.4, 0.5) is 0 Å². The number of piperidine rings is 1. The van der Waals surface area contributed by atoms with Gasteiger partial charge in [-0.1, -0.05) is 20.8 Å². The molecule has 2 heterocycles. The van der Waals surface area contributed by atoms with E-state index < -0.39 is 0 Å². The number of hydrogen-bond acceptors (Lipinski definition) is 3. The molecule has 0 aromatic carbocycles. The zero-order valence-corrected chi connectivity index (χ0v) is 14.2. The van der Waals surface area contributed by atoms with Crippen molar-refractivity contribution in [2.45, 2.75) is 46.5 Å².